The maximum atomic E-state index is 13.1. The van der Waals surface area contributed by atoms with Crippen LogP contribution in [-0.4, -0.2) is 46.9 Å². The molecule has 2 N–H and O–H groups in total. The van der Waals surface area contributed by atoms with Gasteiger partial charge in [0, 0.05) is 25.5 Å². The van der Waals surface area contributed by atoms with Crippen LogP contribution in [0.2, 0.25) is 0 Å². The summed E-state index contributed by atoms with van der Waals surface area (Å²) in [7, 11) is -3.94. The number of nitrogens with zero attached hydrogens (tertiary/aromatic N) is 4. The summed E-state index contributed by atoms with van der Waals surface area (Å²) < 4.78 is 37.4. The number of rotatable bonds is 3. The minimum atomic E-state index is -3.94. The number of fused-ring (bicyclic) bond motifs is 1. The van der Waals surface area contributed by atoms with E-state index in [-0.39, 0.29) is 28.2 Å². The van der Waals surface area contributed by atoms with Crippen LogP contribution in [0.5, 0.6) is 0 Å². The largest absolute Gasteiger partial charge is 0.339 e. The highest BCUT2D eigenvalue weighted by Gasteiger charge is 2.26. The Hall–Kier alpha value is -2.85. The zero-order chi connectivity index (χ0) is 19.9. The summed E-state index contributed by atoms with van der Waals surface area (Å²) in [5.74, 6) is -0.170. The highest BCUT2D eigenvalue weighted by atomic mass is 32.2. The lowest BCUT2D eigenvalue weighted by Gasteiger charge is -2.32. The van der Waals surface area contributed by atoms with Gasteiger partial charge in [-0.25, -0.2) is 27.4 Å². The van der Waals surface area contributed by atoms with E-state index in [4.69, 9.17) is 5.14 Å². The van der Waals surface area contributed by atoms with Crippen molar-refractivity contribution in [3.63, 3.8) is 0 Å². The Morgan fingerprint density at radius 1 is 1.14 bits per heavy atom. The summed E-state index contributed by atoms with van der Waals surface area (Å²) in [5, 5.41) is 9.06. The van der Waals surface area contributed by atoms with Crippen molar-refractivity contribution in [3.8, 4) is 0 Å². The third kappa shape index (κ3) is 3.48. The zero-order valence-electron chi connectivity index (χ0n) is 14.8. The molecule has 3 heterocycles. The average molecular weight is 403 g/mol. The smallest absolute Gasteiger partial charge is 0.256 e. The maximum Gasteiger partial charge on any atom is 0.256 e. The molecule has 0 saturated carbocycles. The lowest BCUT2D eigenvalue weighted by atomic mass is 9.89. The number of likely N-dealkylation sites (tertiary alicyclic amines) is 1. The van der Waals surface area contributed by atoms with Gasteiger partial charge in [-0.1, -0.05) is 12.1 Å². The van der Waals surface area contributed by atoms with E-state index in [1.54, 1.807) is 17.0 Å². The molecule has 0 spiro atoms. The van der Waals surface area contributed by atoms with Crippen LogP contribution in [0, 0.1) is 5.82 Å². The van der Waals surface area contributed by atoms with Crippen molar-refractivity contribution < 1.29 is 17.6 Å². The van der Waals surface area contributed by atoms with E-state index in [9.17, 15) is 17.6 Å². The van der Waals surface area contributed by atoms with Gasteiger partial charge in [0.05, 0.1) is 11.8 Å². The fraction of sp³-hybridized carbons (Fsp3) is 0.278. The molecule has 1 saturated heterocycles. The van der Waals surface area contributed by atoms with E-state index in [1.807, 2.05) is 0 Å². The minimum Gasteiger partial charge on any atom is -0.339 e. The van der Waals surface area contributed by atoms with Crippen LogP contribution >= 0.6 is 0 Å². The first-order valence-corrected chi connectivity index (χ1v) is 10.3. The van der Waals surface area contributed by atoms with Crippen LogP contribution in [0.25, 0.3) is 5.65 Å². The third-order valence-corrected chi connectivity index (χ3v) is 5.90. The van der Waals surface area contributed by atoms with Gasteiger partial charge in [-0.3, -0.25) is 4.79 Å². The number of nitrogens with two attached hydrogens (primary N) is 1. The third-order valence-electron chi connectivity index (χ3n) is 5.00. The number of sulfonamides is 1. The van der Waals surface area contributed by atoms with Gasteiger partial charge in [0.15, 0.2) is 5.65 Å². The van der Waals surface area contributed by atoms with E-state index >= 15 is 0 Å². The molecular weight excluding hydrogens is 385 g/mol. The molecule has 1 amide bonds. The number of primary sulfonamides is 1. The Morgan fingerprint density at radius 3 is 2.46 bits per heavy atom. The summed E-state index contributed by atoms with van der Waals surface area (Å²) in [6.45, 7) is 1.14. The molecular formula is C18H18FN5O3S. The fourth-order valence-corrected chi connectivity index (χ4v) is 4.09. The molecule has 1 aliphatic rings. The van der Waals surface area contributed by atoms with Crippen molar-refractivity contribution in [3.05, 3.63) is 59.8 Å². The molecule has 0 aliphatic carbocycles. The van der Waals surface area contributed by atoms with Crippen LogP contribution in [0.1, 0.15) is 34.7 Å². The van der Waals surface area contributed by atoms with E-state index in [1.165, 1.54) is 29.0 Å². The number of benzene rings is 1. The topological polar surface area (TPSA) is 111 Å². The van der Waals surface area contributed by atoms with Gasteiger partial charge < -0.3 is 4.90 Å². The van der Waals surface area contributed by atoms with Crippen molar-refractivity contribution >= 4 is 21.6 Å². The molecule has 4 rings (SSSR count). The van der Waals surface area contributed by atoms with E-state index in [0.717, 1.165) is 24.6 Å². The molecule has 1 aliphatic heterocycles. The van der Waals surface area contributed by atoms with Gasteiger partial charge in [-0.05, 0) is 36.5 Å². The Bertz CT molecular complexity index is 1140. The molecule has 0 unspecified atom stereocenters. The molecule has 0 bridgehead atoms. The van der Waals surface area contributed by atoms with Crippen LogP contribution < -0.4 is 5.14 Å². The number of piperidine rings is 1. The van der Waals surface area contributed by atoms with Crippen molar-refractivity contribution in [2.24, 2.45) is 5.14 Å². The molecule has 3 aromatic rings. The van der Waals surface area contributed by atoms with Crippen LogP contribution in [-0.2, 0) is 10.0 Å². The van der Waals surface area contributed by atoms with Crippen LogP contribution in [0.15, 0.2) is 47.8 Å². The number of carbonyl (C=O) groups excluding carboxylic acids is 1. The molecule has 28 heavy (non-hydrogen) atoms. The normalized spacial score (nSPS) is 15.9. The fourth-order valence-electron chi connectivity index (χ4n) is 3.50. The quantitative estimate of drug-likeness (QED) is 0.713. The summed E-state index contributed by atoms with van der Waals surface area (Å²) in [6.07, 6.45) is 5.46. The highest BCUT2D eigenvalue weighted by Crippen LogP contribution is 2.28. The summed E-state index contributed by atoms with van der Waals surface area (Å²) in [6, 6.07) is 6.48. The van der Waals surface area contributed by atoms with Gasteiger partial charge in [0.2, 0.25) is 10.0 Å². The molecule has 2 aromatic heterocycles. The van der Waals surface area contributed by atoms with Gasteiger partial charge >= 0.3 is 0 Å². The molecule has 0 radical (unpaired) electrons. The van der Waals surface area contributed by atoms with E-state index in [0.29, 0.717) is 18.7 Å². The van der Waals surface area contributed by atoms with Gasteiger partial charge in [0.1, 0.15) is 10.7 Å². The van der Waals surface area contributed by atoms with Crippen molar-refractivity contribution in [2.75, 3.05) is 13.1 Å². The Labute approximate surface area is 160 Å². The first kappa shape index (κ1) is 18.5. The lowest BCUT2D eigenvalue weighted by Crippen LogP contribution is -2.38. The number of amides is 1. The SMILES string of the molecule is NS(=O)(=O)c1cnn2cc(C(=O)N3CCC(c4ccc(F)cc4)CC3)cnc12. The molecule has 0 atom stereocenters. The zero-order valence-corrected chi connectivity index (χ0v) is 15.6. The standard InChI is InChI=1S/C18H18FN5O3S/c19-15-3-1-12(2-4-15)13-5-7-23(8-6-13)18(25)14-9-21-17-16(28(20,26)27)10-22-24(17)11-14/h1-4,9-11,13H,5-8H2,(H2,20,26,27). The maximum absolute atomic E-state index is 13.1. The predicted molar refractivity (Wildman–Crippen MR) is 98.6 cm³/mol. The van der Waals surface area contributed by atoms with E-state index in [2.05, 4.69) is 10.1 Å². The Kier molecular flexibility index (Phi) is 4.60. The van der Waals surface area contributed by atoms with Crippen molar-refractivity contribution in [2.45, 2.75) is 23.7 Å². The first-order chi connectivity index (χ1) is 13.3. The van der Waals surface area contributed by atoms with Crippen molar-refractivity contribution in [1.82, 2.24) is 19.5 Å². The molecule has 146 valence electrons. The number of hydrogen-bond acceptors (Lipinski definition) is 5. The second kappa shape index (κ2) is 6.95. The molecule has 8 nitrogen and oxygen atoms in total. The average Bonchev–Trinajstić information content (AvgIpc) is 3.12. The minimum absolute atomic E-state index is 0.0778. The first-order valence-electron chi connectivity index (χ1n) is 8.74. The summed E-state index contributed by atoms with van der Waals surface area (Å²) in [4.78, 5) is 18.4. The highest BCUT2D eigenvalue weighted by molar-refractivity contribution is 7.89. The van der Waals surface area contributed by atoms with Crippen LogP contribution in [0.4, 0.5) is 4.39 Å². The Balaban J connectivity index is 1.49. The number of halogens is 1. The molecule has 10 heteroatoms. The van der Waals surface area contributed by atoms with Crippen LogP contribution in [0.3, 0.4) is 0 Å². The monoisotopic (exact) mass is 403 g/mol. The summed E-state index contributed by atoms with van der Waals surface area (Å²) >= 11 is 0. The van der Waals surface area contributed by atoms with Crippen molar-refractivity contribution in [1.29, 1.82) is 0 Å². The molecule has 1 aromatic carbocycles. The number of carbonyl (C=O) groups is 1. The lowest BCUT2D eigenvalue weighted by molar-refractivity contribution is 0.0712. The van der Waals surface area contributed by atoms with Gasteiger partial charge in [-0.2, -0.15) is 5.10 Å². The number of hydrogen-bond donors (Lipinski definition) is 1. The van der Waals surface area contributed by atoms with Gasteiger partial charge in [0.25, 0.3) is 5.91 Å². The second-order valence-electron chi connectivity index (χ2n) is 6.78. The predicted octanol–water partition coefficient (Wildman–Crippen LogP) is 1.54. The molecule has 1 fully saturated rings. The second-order valence-corrected chi connectivity index (χ2v) is 8.31. The number of aromatic nitrogens is 3. The Morgan fingerprint density at radius 2 is 1.82 bits per heavy atom. The van der Waals surface area contributed by atoms with Gasteiger partial charge in [-0.15, -0.1) is 0 Å². The summed E-state index contributed by atoms with van der Waals surface area (Å²) in [5.41, 5.74) is 1.47. The van der Waals surface area contributed by atoms with E-state index < -0.39 is 10.0 Å².